The van der Waals surface area contributed by atoms with Crippen LogP contribution in [0.25, 0.3) is 0 Å². The fourth-order valence-corrected chi connectivity index (χ4v) is 5.54. The Morgan fingerprint density at radius 2 is 1.12 bits per heavy atom. The smallest absolute Gasteiger partial charge is 0.187 e. The molecule has 3 rings (SSSR count). The second-order valence-corrected chi connectivity index (χ2v) is 11.3. The summed E-state index contributed by atoms with van der Waals surface area (Å²) in [4.78, 5) is 15.6. The molecule has 48 heavy (non-hydrogen) atoms. The van der Waals surface area contributed by atoms with E-state index in [1.54, 1.807) is 0 Å². The summed E-state index contributed by atoms with van der Waals surface area (Å²) in [5.74, 6) is -2.21. The van der Waals surface area contributed by atoms with Gasteiger partial charge in [0.1, 0.15) is 67.1 Å². The van der Waals surface area contributed by atoms with Crippen LogP contribution in [-0.4, -0.2) is 165 Å². The molecule has 1 saturated carbocycles. The maximum Gasteiger partial charge on any atom is 0.187 e. The Balaban J connectivity index is 2.08. The number of rotatable bonds is 11. The number of aliphatic hydroxyl groups is 6. The molecule has 0 radical (unpaired) electrons. The zero-order valence-corrected chi connectivity index (χ0v) is 25.6. The Morgan fingerprint density at radius 3 is 1.62 bits per heavy atom. The van der Waals surface area contributed by atoms with Crippen LogP contribution < -0.4 is 56.9 Å². The van der Waals surface area contributed by atoms with Crippen LogP contribution in [-0.2, 0) is 18.9 Å². The minimum atomic E-state index is -1.91. The number of ether oxygens (including phenoxy) is 4. The summed E-state index contributed by atoms with van der Waals surface area (Å²) >= 11 is 0. The minimum absolute atomic E-state index is 0.159. The highest BCUT2D eigenvalue weighted by Crippen LogP contribution is 2.35. The molecule has 0 bridgehead atoms. The topological polar surface area (TPSA) is 478 Å². The van der Waals surface area contributed by atoms with Crippen LogP contribution in [0.1, 0.15) is 6.42 Å². The van der Waals surface area contributed by atoms with E-state index in [1.165, 1.54) is 0 Å². The predicted molar refractivity (Wildman–Crippen MR) is 167 cm³/mol. The monoisotopic (exact) mass is 693 g/mol. The van der Waals surface area contributed by atoms with E-state index in [0.29, 0.717) is 0 Å². The minimum Gasteiger partial charge on any atom is -0.388 e. The van der Waals surface area contributed by atoms with Crippen molar-refractivity contribution in [2.75, 3.05) is 13.1 Å². The lowest BCUT2D eigenvalue weighted by Crippen LogP contribution is -2.68. The largest absolute Gasteiger partial charge is 0.388 e. The van der Waals surface area contributed by atoms with E-state index in [9.17, 15) is 30.6 Å². The molecule has 2 saturated heterocycles. The zero-order valence-electron chi connectivity index (χ0n) is 25.6. The molecule has 25 nitrogen and oxygen atoms in total. The van der Waals surface area contributed by atoms with E-state index in [1.807, 2.05) is 0 Å². The number of hydrogen-bond acceptors (Lipinski definition) is 15. The van der Waals surface area contributed by atoms with E-state index in [-0.39, 0.29) is 31.4 Å². The van der Waals surface area contributed by atoms with Crippen LogP contribution >= 0.6 is 0 Å². The fraction of sp³-hybridized carbons (Fsp3) is 0.783. The second kappa shape index (κ2) is 16.4. The molecular weight excluding hydrogens is 646 g/mol. The summed E-state index contributed by atoms with van der Waals surface area (Å²) in [5, 5.41) is 75.7. The SMILES string of the molecule is N=C(N)N[C@@H]1C[C@H](N=C(N)N)[C@@H](O)[C@H](O[C@@H]2O[C@H](CN=C(N)N)[C@@H](O)[C@H](O)[C@H]2O)[C@H]1O[C@H]1O[C@H](CN=C(N)N)[C@@H](O)[C@H](O)[C@H]1N=C(N)N. The molecule has 3 aliphatic rings. The van der Waals surface area contributed by atoms with Crippen molar-refractivity contribution < 1.29 is 49.6 Å². The van der Waals surface area contributed by atoms with E-state index in [2.05, 4.69) is 25.3 Å². The molecule has 2 aliphatic heterocycles. The van der Waals surface area contributed by atoms with Gasteiger partial charge >= 0.3 is 0 Å². The average Bonchev–Trinajstić information content (AvgIpc) is 2.98. The number of nitrogens with two attached hydrogens (primary N) is 9. The van der Waals surface area contributed by atoms with Gasteiger partial charge in [-0.25, -0.2) is 9.98 Å². The van der Waals surface area contributed by atoms with Crippen molar-refractivity contribution in [3.8, 4) is 0 Å². The average molecular weight is 694 g/mol. The quantitative estimate of drug-likeness (QED) is 0.0705. The van der Waals surface area contributed by atoms with E-state index < -0.39 is 110 Å². The lowest BCUT2D eigenvalue weighted by atomic mass is 9.83. The number of nitrogens with zero attached hydrogens (tertiary/aromatic N) is 4. The first-order valence-electron chi connectivity index (χ1n) is 14.5. The van der Waals surface area contributed by atoms with Gasteiger partial charge in [0.15, 0.2) is 42.4 Å². The number of aliphatic imine (C=N–C) groups is 4. The van der Waals surface area contributed by atoms with E-state index in [4.69, 9.17) is 76.0 Å². The van der Waals surface area contributed by atoms with Crippen molar-refractivity contribution in [3.63, 3.8) is 0 Å². The van der Waals surface area contributed by atoms with Gasteiger partial charge in [0.2, 0.25) is 0 Å². The van der Waals surface area contributed by atoms with Gasteiger partial charge < -0.3 is 107 Å². The van der Waals surface area contributed by atoms with Crippen molar-refractivity contribution in [1.82, 2.24) is 5.32 Å². The molecule has 1 aliphatic carbocycles. The summed E-state index contributed by atoms with van der Waals surface area (Å²) in [6, 6.07) is -3.74. The highest BCUT2D eigenvalue weighted by Gasteiger charge is 2.54. The Hall–Kier alpha value is -4.05. The Bertz CT molecular complexity index is 1210. The molecule has 15 atom stereocenters. The lowest BCUT2D eigenvalue weighted by Gasteiger charge is -2.49. The van der Waals surface area contributed by atoms with E-state index >= 15 is 0 Å². The predicted octanol–water partition coefficient (Wildman–Crippen LogP) is -10.5. The molecule has 3 fully saturated rings. The van der Waals surface area contributed by atoms with Crippen LogP contribution in [0.15, 0.2) is 20.0 Å². The third kappa shape index (κ3) is 9.52. The first-order chi connectivity index (χ1) is 22.4. The normalized spacial score (nSPS) is 39.8. The summed E-state index contributed by atoms with van der Waals surface area (Å²) < 4.78 is 23.9. The van der Waals surface area contributed by atoms with Gasteiger partial charge in [0.05, 0.1) is 25.2 Å². The molecule has 0 aromatic rings. The number of hydrogen-bond donors (Lipinski definition) is 17. The summed E-state index contributed by atoms with van der Waals surface area (Å²) in [5.41, 5.74) is 49.6. The highest BCUT2D eigenvalue weighted by molar-refractivity contribution is 5.77. The van der Waals surface area contributed by atoms with Gasteiger partial charge in [-0.3, -0.25) is 15.4 Å². The van der Waals surface area contributed by atoms with Crippen molar-refractivity contribution in [3.05, 3.63) is 0 Å². The van der Waals surface area contributed by atoms with Crippen LogP contribution in [0.2, 0.25) is 0 Å². The third-order valence-corrected chi connectivity index (χ3v) is 7.73. The first-order valence-corrected chi connectivity index (χ1v) is 14.5. The van der Waals surface area contributed by atoms with Crippen LogP contribution in [0.5, 0.6) is 0 Å². The highest BCUT2D eigenvalue weighted by atomic mass is 16.7. The van der Waals surface area contributed by atoms with E-state index in [0.717, 1.165) is 0 Å². The first kappa shape index (κ1) is 38.4. The Labute approximate surface area is 273 Å². The maximum absolute atomic E-state index is 11.5. The van der Waals surface area contributed by atoms with Crippen molar-refractivity contribution >= 4 is 29.8 Å². The fourth-order valence-electron chi connectivity index (χ4n) is 5.54. The molecule has 274 valence electrons. The van der Waals surface area contributed by atoms with Gasteiger partial charge in [0.25, 0.3) is 0 Å². The lowest BCUT2D eigenvalue weighted by molar-refractivity contribution is -0.339. The Kier molecular flexibility index (Phi) is 13.1. The molecule has 0 aromatic heterocycles. The summed E-state index contributed by atoms with van der Waals surface area (Å²) in [6.07, 6.45) is -19.7. The van der Waals surface area contributed by atoms with Crippen LogP contribution in [0.4, 0.5) is 0 Å². The number of nitrogens with one attached hydrogen (secondary N) is 2. The van der Waals surface area contributed by atoms with Gasteiger partial charge in [-0.1, -0.05) is 0 Å². The Morgan fingerprint density at radius 1 is 0.625 bits per heavy atom. The molecule has 0 unspecified atom stereocenters. The molecule has 25 heteroatoms. The zero-order chi connectivity index (χ0) is 36.0. The molecule has 0 amide bonds. The standard InChI is InChI=1S/C23H47N15O10/c24-19(25)34-2-6-10(40)12(42)8(38-23(32)33)17(45-6)47-15-5(37-22(30)31)1-4(36-21(28)29)9(39)16(15)48-18-14(44)13(43)11(41)7(46-18)3-35-20(26)27/h4-18,39-44H,1-3H2,(H4,24,25,34)(H4,26,27,35)(H4,28,29,36)(H4,30,31,37)(H4,32,33,38)/t4-,5+,6+,7+,8+,9+,10+,11+,12+,13-,14+,15-,16-,17+,18-/m0/s1. The summed E-state index contributed by atoms with van der Waals surface area (Å²) in [7, 11) is 0. The molecule has 2 heterocycles. The molecule has 0 aromatic carbocycles. The van der Waals surface area contributed by atoms with Gasteiger partial charge in [-0.2, -0.15) is 0 Å². The maximum atomic E-state index is 11.5. The number of aliphatic hydroxyl groups excluding tert-OH is 6. The molecular formula is C23H47N15O10. The van der Waals surface area contributed by atoms with Gasteiger partial charge in [-0.05, 0) is 6.42 Å². The molecule has 0 spiro atoms. The molecule has 26 N–H and O–H groups in total. The third-order valence-electron chi connectivity index (χ3n) is 7.73. The van der Waals surface area contributed by atoms with Crippen LogP contribution in [0.3, 0.4) is 0 Å². The summed E-state index contributed by atoms with van der Waals surface area (Å²) in [6.45, 7) is -0.706. The second-order valence-electron chi connectivity index (χ2n) is 11.3. The van der Waals surface area contributed by atoms with Gasteiger partial charge in [0, 0.05) is 0 Å². The van der Waals surface area contributed by atoms with Crippen molar-refractivity contribution in [2.45, 2.75) is 98.2 Å². The van der Waals surface area contributed by atoms with Crippen molar-refractivity contribution in [2.24, 2.45) is 71.6 Å². The van der Waals surface area contributed by atoms with Gasteiger partial charge in [-0.15, -0.1) is 0 Å². The van der Waals surface area contributed by atoms with Crippen LogP contribution in [0, 0.1) is 5.41 Å². The number of guanidine groups is 5. The van der Waals surface area contributed by atoms with Crippen molar-refractivity contribution in [1.29, 1.82) is 5.41 Å².